The molecule has 1 amide bonds. The maximum absolute atomic E-state index is 13.5. The van der Waals surface area contributed by atoms with Crippen LogP contribution in [-0.4, -0.2) is 23.9 Å². The van der Waals surface area contributed by atoms with Gasteiger partial charge in [0.05, 0.1) is 0 Å². The summed E-state index contributed by atoms with van der Waals surface area (Å²) in [5.41, 5.74) is 3.22. The SMILES string of the molecule is O=C(CCNCc1ccccc1F)N1CCc2ccccc2C1. The lowest BCUT2D eigenvalue weighted by Gasteiger charge is -2.29. The van der Waals surface area contributed by atoms with E-state index in [9.17, 15) is 9.18 Å². The number of hydrogen-bond donors (Lipinski definition) is 1. The van der Waals surface area contributed by atoms with Crippen LogP contribution < -0.4 is 5.32 Å². The Morgan fingerprint density at radius 1 is 1.09 bits per heavy atom. The first-order valence-corrected chi connectivity index (χ1v) is 8.03. The molecule has 2 aromatic carbocycles. The summed E-state index contributed by atoms with van der Waals surface area (Å²) >= 11 is 0. The molecule has 0 spiro atoms. The number of nitrogens with one attached hydrogen (secondary N) is 1. The highest BCUT2D eigenvalue weighted by molar-refractivity contribution is 5.76. The smallest absolute Gasteiger partial charge is 0.224 e. The van der Waals surface area contributed by atoms with Gasteiger partial charge in [0.1, 0.15) is 5.82 Å². The Balaban J connectivity index is 1.45. The van der Waals surface area contributed by atoms with Crippen LogP contribution in [0, 0.1) is 5.82 Å². The zero-order chi connectivity index (χ0) is 16.1. The molecule has 0 saturated carbocycles. The minimum atomic E-state index is -0.209. The third kappa shape index (κ3) is 3.96. The van der Waals surface area contributed by atoms with Gasteiger partial charge in [0.2, 0.25) is 5.91 Å². The summed E-state index contributed by atoms with van der Waals surface area (Å²) < 4.78 is 13.5. The number of rotatable bonds is 5. The molecule has 0 radical (unpaired) electrons. The van der Waals surface area contributed by atoms with E-state index >= 15 is 0 Å². The van der Waals surface area contributed by atoms with Crippen molar-refractivity contribution in [1.29, 1.82) is 0 Å². The Kier molecular flexibility index (Phi) is 5.03. The summed E-state index contributed by atoms with van der Waals surface area (Å²) in [6.07, 6.45) is 1.36. The number of fused-ring (bicyclic) bond motifs is 1. The van der Waals surface area contributed by atoms with Gasteiger partial charge < -0.3 is 10.2 Å². The molecule has 0 aromatic heterocycles. The van der Waals surface area contributed by atoms with Gasteiger partial charge in [-0.15, -0.1) is 0 Å². The molecule has 23 heavy (non-hydrogen) atoms. The second-order valence-electron chi connectivity index (χ2n) is 5.85. The van der Waals surface area contributed by atoms with Crippen molar-refractivity contribution in [3.05, 3.63) is 71.0 Å². The number of benzene rings is 2. The largest absolute Gasteiger partial charge is 0.338 e. The van der Waals surface area contributed by atoms with Crippen molar-refractivity contribution in [2.75, 3.05) is 13.1 Å². The Hall–Kier alpha value is -2.20. The molecule has 0 unspecified atom stereocenters. The minimum Gasteiger partial charge on any atom is -0.338 e. The molecular weight excluding hydrogens is 291 g/mol. The molecule has 120 valence electrons. The van der Waals surface area contributed by atoms with E-state index in [1.165, 1.54) is 17.2 Å². The van der Waals surface area contributed by atoms with Crippen LogP contribution in [0.3, 0.4) is 0 Å². The number of halogens is 1. The molecule has 1 N–H and O–H groups in total. The van der Waals surface area contributed by atoms with E-state index in [4.69, 9.17) is 0 Å². The Morgan fingerprint density at radius 2 is 1.83 bits per heavy atom. The van der Waals surface area contributed by atoms with E-state index in [1.54, 1.807) is 12.1 Å². The molecule has 1 heterocycles. The van der Waals surface area contributed by atoms with Crippen molar-refractivity contribution in [2.45, 2.75) is 25.9 Å². The standard InChI is InChI=1S/C19H21FN2O/c20-18-8-4-3-6-16(18)13-21-11-9-19(23)22-12-10-15-5-1-2-7-17(15)14-22/h1-8,21H,9-14H2. The third-order valence-corrected chi connectivity index (χ3v) is 4.27. The average Bonchev–Trinajstić information content (AvgIpc) is 2.59. The minimum absolute atomic E-state index is 0.153. The van der Waals surface area contributed by atoms with Crippen LogP contribution in [0.4, 0.5) is 4.39 Å². The highest BCUT2D eigenvalue weighted by Crippen LogP contribution is 2.18. The van der Waals surface area contributed by atoms with Crippen LogP contribution in [0.15, 0.2) is 48.5 Å². The topological polar surface area (TPSA) is 32.3 Å². The Labute approximate surface area is 136 Å². The van der Waals surface area contributed by atoms with E-state index in [0.29, 0.717) is 31.6 Å². The fourth-order valence-electron chi connectivity index (χ4n) is 2.93. The van der Waals surface area contributed by atoms with Crippen molar-refractivity contribution in [2.24, 2.45) is 0 Å². The third-order valence-electron chi connectivity index (χ3n) is 4.27. The van der Waals surface area contributed by atoms with Gasteiger partial charge in [0.15, 0.2) is 0 Å². The molecule has 0 bridgehead atoms. The van der Waals surface area contributed by atoms with Crippen molar-refractivity contribution < 1.29 is 9.18 Å². The zero-order valence-electron chi connectivity index (χ0n) is 13.1. The highest BCUT2D eigenvalue weighted by atomic mass is 19.1. The number of nitrogens with zero attached hydrogens (tertiary/aromatic N) is 1. The van der Waals surface area contributed by atoms with Gasteiger partial charge in [-0.3, -0.25) is 4.79 Å². The van der Waals surface area contributed by atoms with E-state index in [0.717, 1.165) is 13.0 Å². The van der Waals surface area contributed by atoms with Crippen LogP contribution in [0.5, 0.6) is 0 Å². The lowest BCUT2D eigenvalue weighted by Crippen LogP contribution is -2.37. The van der Waals surface area contributed by atoms with Gasteiger partial charge in [0, 0.05) is 38.2 Å². The Bertz CT molecular complexity index is 687. The number of carbonyl (C=O) groups is 1. The van der Waals surface area contributed by atoms with Crippen LogP contribution >= 0.6 is 0 Å². The van der Waals surface area contributed by atoms with Crippen LogP contribution in [0.1, 0.15) is 23.1 Å². The maximum atomic E-state index is 13.5. The summed E-state index contributed by atoms with van der Waals surface area (Å²) in [5.74, 6) is -0.0560. The summed E-state index contributed by atoms with van der Waals surface area (Å²) in [4.78, 5) is 14.2. The molecule has 0 atom stereocenters. The van der Waals surface area contributed by atoms with Gasteiger partial charge in [0.25, 0.3) is 0 Å². The van der Waals surface area contributed by atoms with E-state index < -0.39 is 0 Å². The maximum Gasteiger partial charge on any atom is 0.224 e. The van der Waals surface area contributed by atoms with Gasteiger partial charge in [-0.2, -0.15) is 0 Å². The molecule has 3 rings (SSSR count). The Morgan fingerprint density at radius 3 is 2.65 bits per heavy atom. The van der Waals surface area contributed by atoms with Crippen LogP contribution in [0.25, 0.3) is 0 Å². The van der Waals surface area contributed by atoms with Gasteiger partial charge in [-0.25, -0.2) is 4.39 Å². The second kappa shape index (κ2) is 7.38. The van der Waals surface area contributed by atoms with E-state index in [1.807, 2.05) is 23.1 Å². The molecule has 4 heteroatoms. The van der Waals surface area contributed by atoms with Gasteiger partial charge in [-0.1, -0.05) is 42.5 Å². The van der Waals surface area contributed by atoms with Crippen LogP contribution in [-0.2, 0) is 24.3 Å². The lowest BCUT2D eigenvalue weighted by molar-refractivity contribution is -0.132. The van der Waals surface area contributed by atoms with Crippen LogP contribution in [0.2, 0.25) is 0 Å². The van der Waals surface area contributed by atoms with E-state index in [-0.39, 0.29) is 11.7 Å². The second-order valence-corrected chi connectivity index (χ2v) is 5.85. The van der Waals surface area contributed by atoms with Gasteiger partial charge >= 0.3 is 0 Å². The predicted octanol–water partition coefficient (Wildman–Crippen LogP) is 2.89. The lowest BCUT2D eigenvalue weighted by atomic mass is 10.00. The molecule has 0 aliphatic carbocycles. The summed E-state index contributed by atoms with van der Waals surface area (Å²) in [6, 6.07) is 15.0. The summed E-state index contributed by atoms with van der Waals surface area (Å²) in [7, 11) is 0. The molecule has 0 saturated heterocycles. The molecule has 1 aliphatic heterocycles. The summed E-state index contributed by atoms with van der Waals surface area (Å²) in [5, 5.41) is 3.14. The zero-order valence-corrected chi connectivity index (χ0v) is 13.1. The number of carbonyl (C=O) groups excluding carboxylic acids is 1. The van der Waals surface area contributed by atoms with Gasteiger partial charge in [-0.05, 0) is 23.6 Å². The van der Waals surface area contributed by atoms with Crippen molar-refractivity contribution in [3.63, 3.8) is 0 Å². The normalized spacial score (nSPS) is 13.7. The number of amides is 1. The van der Waals surface area contributed by atoms with Crippen molar-refractivity contribution in [3.8, 4) is 0 Å². The first-order chi connectivity index (χ1) is 11.2. The molecule has 0 fully saturated rings. The first kappa shape index (κ1) is 15.7. The monoisotopic (exact) mass is 312 g/mol. The highest BCUT2D eigenvalue weighted by Gasteiger charge is 2.19. The fourth-order valence-corrected chi connectivity index (χ4v) is 2.93. The molecular formula is C19H21FN2O. The average molecular weight is 312 g/mol. The predicted molar refractivity (Wildman–Crippen MR) is 88.3 cm³/mol. The fraction of sp³-hybridized carbons (Fsp3) is 0.316. The summed E-state index contributed by atoms with van der Waals surface area (Å²) in [6.45, 7) is 2.49. The van der Waals surface area contributed by atoms with E-state index in [2.05, 4.69) is 17.4 Å². The quantitative estimate of drug-likeness (QED) is 0.861. The number of hydrogen-bond acceptors (Lipinski definition) is 2. The molecule has 1 aliphatic rings. The van der Waals surface area contributed by atoms with Crippen molar-refractivity contribution in [1.82, 2.24) is 10.2 Å². The molecule has 3 nitrogen and oxygen atoms in total. The first-order valence-electron chi connectivity index (χ1n) is 8.03. The molecule has 2 aromatic rings. The van der Waals surface area contributed by atoms with Crippen molar-refractivity contribution >= 4 is 5.91 Å².